The predicted octanol–water partition coefficient (Wildman–Crippen LogP) is 3.47. The first-order valence-corrected chi connectivity index (χ1v) is 11.1. The highest BCUT2D eigenvalue weighted by Crippen LogP contribution is 2.29. The van der Waals surface area contributed by atoms with E-state index in [-0.39, 0.29) is 18.0 Å². The summed E-state index contributed by atoms with van der Waals surface area (Å²) in [4.78, 5) is 30.6. The molecule has 3 heterocycles. The smallest absolute Gasteiger partial charge is 0.278 e. The van der Waals surface area contributed by atoms with Crippen LogP contribution in [0.4, 0.5) is 0 Å². The van der Waals surface area contributed by atoms with E-state index in [2.05, 4.69) is 5.32 Å². The molecule has 4 aromatic rings. The van der Waals surface area contributed by atoms with E-state index in [1.807, 2.05) is 48.5 Å². The van der Waals surface area contributed by atoms with Gasteiger partial charge >= 0.3 is 0 Å². The zero-order valence-electron chi connectivity index (χ0n) is 16.1. The van der Waals surface area contributed by atoms with Crippen molar-refractivity contribution in [2.75, 3.05) is 12.3 Å². The summed E-state index contributed by atoms with van der Waals surface area (Å²) in [5.41, 5.74) is 3.04. The third kappa shape index (κ3) is 3.38. The number of amides is 1. The van der Waals surface area contributed by atoms with Gasteiger partial charge in [0.25, 0.3) is 5.56 Å². The summed E-state index contributed by atoms with van der Waals surface area (Å²) in [5.74, 6) is 0.712. The van der Waals surface area contributed by atoms with Crippen LogP contribution in [-0.2, 0) is 24.3 Å². The van der Waals surface area contributed by atoms with Gasteiger partial charge in [-0.2, -0.15) is 0 Å². The van der Waals surface area contributed by atoms with E-state index in [4.69, 9.17) is 16.6 Å². The number of thioether (sulfide) groups is 1. The van der Waals surface area contributed by atoms with E-state index >= 15 is 0 Å². The van der Waals surface area contributed by atoms with Gasteiger partial charge in [0, 0.05) is 29.3 Å². The van der Waals surface area contributed by atoms with Crippen LogP contribution in [0.5, 0.6) is 0 Å². The van der Waals surface area contributed by atoms with E-state index in [9.17, 15) is 9.59 Å². The van der Waals surface area contributed by atoms with Crippen LogP contribution in [0.2, 0.25) is 5.02 Å². The molecule has 0 saturated heterocycles. The lowest BCUT2D eigenvalue weighted by Gasteiger charge is -2.09. The van der Waals surface area contributed by atoms with Crippen molar-refractivity contribution in [1.82, 2.24) is 19.4 Å². The van der Waals surface area contributed by atoms with Gasteiger partial charge in [-0.15, -0.1) is 0 Å². The van der Waals surface area contributed by atoms with Crippen LogP contribution < -0.4 is 10.9 Å². The number of benzene rings is 2. The van der Waals surface area contributed by atoms with Crippen molar-refractivity contribution in [3.05, 3.63) is 69.5 Å². The zero-order chi connectivity index (χ0) is 20.7. The summed E-state index contributed by atoms with van der Waals surface area (Å²) < 4.78 is 3.51. The van der Waals surface area contributed by atoms with E-state index in [1.54, 1.807) is 20.9 Å². The third-order valence-electron chi connectivity index (χ3n) is 5.33. The number of hydrogen-bond acceptors (Lipinski definition) is 4. The van der Waals surface area contributed by atoms with Crippen LogP contribution in [0.15, 0.2) is 58.5 Å². The number of carbonyl (C=O) groups excluding carboxylic acids is 1. The van der Waals surface area contributed by atoms with E-state index in [0.29, 0.717) is 35.6 Å². The van der Waals surface area contributed by atoms with Crippen molar-refractivity contribution < 1.29 is 4.79 Å². The van der Waals surface area contributed by atoms with Gasteiger partial charge in [0.2, 0.25) is 5.91 Å². The Labute approximate surface area is 181 Å². The lowest BCUT2D eigenvalue weighted by molar-refractivity contribution is -0.121. The lowest BCUT2D eigenvalue weighted by Crippen LogP contribution is -2.30. The molecule has 0 saturated carbocycles. The monoisotopic (exact) mass is 438 g/mol. The van der Waals surface area contributed by atoms with E-state index < -0.39 is 0 Å². The second-order valence-corrected chi connectivity index (χ2v) is 8.73. The Hall–Kier alpha value is -2.77. The third-order valence-corrected chi connectivity index (χ3v) is 6.54. The van der Waals surface area contributed by atoms with Gasteiger partial charge < -0.3 is 9.88 Å². The largest absolute Gasteiger partial charge is 0.354 e. The molecule has 2 aromatic heterocycles. The highest BCUT2D eigenvalue weighted by Gasteiger charge is 2.23. The van der Waals surface area contributed by atoms with Crippen LogP contribution in [0.25, 0.3) is 21.9 Å². The van der Waals surface area contributed by atoms with Crippen molar-refractivity contribution in [3.63, 3.8) is 0 Å². The summed E-state index contributed by atoms with van der Waals surface area (Å²) >= 11 is 7.51. The number of hydrogen-bond donors (Lipinski definition) is 1. The standard InChI is InChI=1S/C22H19ClN4O2S/c23-15-7-5-14(6-8-15)9-10-24-18(28)13-27-17-4-2-1-3-16(17)19-20(27)21(29)26-11-12-30-22(26)25-19/h1-8H,9-13H2,(H,24,28). The Kier molecular flexibility index (Phi) is 5.00. The molecule has 152 valence electrons. The molecule has 0 bridgehead atoms. The molecule has 1 N–H and O–H groups in total. The Morgan fingerprint density at radius 1 is 1.17 bits per heavy atom. The van der Waals surface area contributed by atoms with Crippen molar-refractivity contribution >= 4 is 51.2 Å². The fourth-order valence-corrected chi connectivity index (χ4v) is 4.95. The predicted molar refractivity (Wildman–Crippen MR) is 120 cm³/mol. The summed E-state index contributed by atoms with van der Waals surface area (Å²) in [6.45, 7) is 1.24. The zero-order valence-corrected chi connectivity index (χ0v) is 17.7. The SMILES string of the molecule is O=C(Cn1c2ccccc2c2nc3n(c(=O)c21)CCS3)NCCc1ccc(Cl)cc1. The highest BCUT2D eigenvalue weighted by atomic mass is 35.5. The van der Waals surface area contributed by atoms with Crippen molar-refractivity contribution in [2.24, 2.45) is 0 Å². The van der Waals surface area contributed by atoms with Gasteiger partial charge in [-0.05, 0) is 30.2 Å². The normalized spacial score (nSPS) is 13.1. The number of carbonyl (C=O) groups is 1. The molecule has 0 aliphatic carbocycles. The molecule has 0 atom stereocenters. The van der Waals surface area contributed by atoms with Crippen molar-refractivity contribution in [1.29, 1.82) is 0 Å². The van der Waals surface area contributed by atoms with E-state index in [0.717, 1.165) is 27.4 Å². The first-order valence-electron chi connectivity index (χ1n) is 9.77. The minimum absolute atomic E-state index is 0.0774. The topological polar surface area (TPSA) is 68.9 Å². The molecule has 6 nitrogen and oxygen atoms in total. The second-order valence-electron chi connectivity index (χ2n) is 7.23. The number of para-hydroxylation sites is 1. The number of fused-ring (bicyclic) bond motifs is 4. The fourth-order valence-electron chi connectivity index (χ4n) is 3.88. The molecule has 0 fully saturated rings. The average Bonchev–Trinajstić information content (AvgIpc) is 3.34. The number of halogens is 1. The maximum absolute atomic E-state index is 13.2. The molecule has 0 spiro atoms. The van der Waals surface area contributed by atoms with Gasteiger partial charge in [0.1, 0.15) is 17.6 Å². The Morgan fingerprint density at radius 3 is 2.80 bits per heavy atom. The summed E-state index contributed by atoms with van der Waals surface area (Å²) in [5, 5.41) is 5.30. The highest BCUT2D eigenvalue weighted by molar-refractivity contribution is 7.99. The quantitative estimate of drug-likeness (QED) is 0.484. The summed E-state index contributed by atoms with van der Waals surface area (Å²) in [6, 6.07) is 15.3. The van der Waals surface area contributed by atoms with E-state index in [1.165, 1.54) is 0 Å². The average molecular weight is 439 g/mol. The molecule has 0 unspecified atom stereocenters. The fraction of sp³-hybridized carbons (Fsp3) is 0.227. The minimum atomic E-state index is -0.133. The summed E-state index contributed by atoms with van der Waals surface area (Å²) in [6.07, 6.45) is 0.713. The maximum atomic E-state index is 13.2. The van der Waals surface area contributed by atoms with Crippen LogP contribution >= 0.6 is 23.4 Å². The molecule has 30 heavy (non-hydrogen) atoms. The molecule has 2 aromatic carbocycles. The minimum Gasteiger partial charge on any atom is -0.354 e. The Morgan fingerprint density at radius 2 is 1.97 bits per heavy atom. The van der Waals surface area contributed by atoms with Crippen molar-refractivity contribution in [3.8, 4) is 0 Å². The molecular weight excluding hydrogens is 420 g/mol. The van der Waals surface area contributed by atoms with Gasteiger partial charge in [-0.1, -0.05) is 53.7 Å². The molecular formula is C22H19ClN4O2S. The number of nitrogens with zero attached hydrogens (tertiary/aromatic N) is 3. The van der Waals surface area contributed by atoms with Gasteiger partial charge in [0.15, 0.2) is 5.16 Å². The second kappa shape index (κ2) is 7.81. The molecule has 8 heteroatoms. The van der Waals surface area contributed by atoms with Crippen LogP contribution in [0.3, 0.4) is 0 Å². The molecule has 1 aliphatic rings. The van der Waals surface area contributed by atoms with Gasteiger partial charge in [0.05, 0.1) is 5.52 Å². The Bertz CT molecular complexity index is 1330. The van der Waals surface area contributed by atoms with Crippen molar-refractivity contribution in [2.45, 2.75) is 24.7 Å². The summed E-state index contributed by atoms with van der Waals surface area (Å²) in [7, 11) is 0. The molecule has 1 aliphatic heterocycles. The first kappa shape index (κ1) is 19.2. The molecule has 1 amide bonds. The lowest BCUT2D eigenvalue weighted by atomic mass is 10.1. The Balaban J connectivity index is 1.44. The van der Waals surface area contributed by atoms with Crippen LogP contribution in [-0.4, -0.2) is 32.3 Å². The van der Waals surface area contributed by atoms with Crippen LogP contribution in [0, 0.1) is 0 Å². The van der Waals surface area contributed by atoms with Gasteiger partial charge in [-0.25, -0.2) is 4.98 Å². The maximum Gasteiger partial charge on any atom is 0.278 e. The van der Waals surface area contributed by atoms with Crippen LogP contribution in [0.1, 0.15) is 5.56 Å². The number of nitrogens with one attached hydrogen (secondary N) is 1. The number of rotatable bonds is 5. The molecule has 0 radical (unpaired) electrons. The first-order chi connectivity index (χ1) is 14.6. The van der Waals surface area contributed by atoms with Gasteiger partial charge in [-0.3, -0.25) is 14.2 Å². The number of aromatic nitrogens is 3. The molecule has 5 rings (SSSR count).